The highest BCUT2D eigenvalue weighted by Crippen LogP contribution is 2.30. The Morgan fingerprint density at radius 3 is 2.97 bits per heavy atom. The monoisotopic (exact) mass is 533 g/mol. The number of nitrogens with one attached hydrogen (secondary N) is 2. The second-order valence-corrected chi connectivity index (χ2v) is 10.4. The molecule has 3 aromatic heterocycles. The van der Waals surface area contributed by atoms with Crippen LogP contribution in [0.5, 0.6) is 5.75 Å². The number of thiazole rings is 1. The fourth-order valence-electron chi connectivity index (χ4n) is 4.95. The van der Waals surface area contributed by atoms with Crippen LogP contribution in [-0.4, -0.2) is 64.6 Å². The zero-order valence-corrected chi connectivity index (χ0v) is 22.2. The SMILES string of the molecule is C=C(Nc1cnccc1N1CCNCC1)c1csc(-n2c(=O)n(C)c3cc(OCC4CCCO4)ccc32)n1. The maximum absolute atomic E-state index is 13.2. The van der Waals surface area contributed by atoms with Gasteiger partial charge in [0.25, 0.3) is 0 Å². The smallest absolute Gasteiger partial charge is 0.335 e. The summed E-state index contributed by atoms with van der Waals surface area (Å²) in [6.45, 7) is 9.27. The highest BCUT2D eigenvalue weighted by molar-refractivity contribution is 7.12. The van der Waals surface area contributed by atoms with Gasteiger partial charge in [-0.05, 0) is 31.0 Å². The first-order valence-electron chi connectivity index (χ1n) is 12.9. The Bertz CT molecular complexity index is 1510. The lowest BCUT2D eigenvalue weighted by atomic mass is 10.2. The molecule has 4 aromatic rings. The van der Waals surface area contributed by atoms with E-state index in [0.717, 1.165) is 73.8 Å². The van der Waals surface area contributed by atoms with E-state index >= 15 is 0 Å². The van der Waals surface area contributed by atoms with Gasteiger partial charge in [0.15, 0.2) is 5.13 Å². The standard InChI is InChI=1S/C27H31N7O3S/c1-18(30-21-15-29-8-7-23(21)33-11-9-28-10-12-33)22-17-38-26(31-22)34-24-6-5-19(14-25(24)32(2)27(34)35)37-16-20-4-3-13-36-20/h5-8,14-15,17,20,28,30H,1,3-4,9-13,16H2,2H3. The molecular formula is C27H31N7O3S. The van der Waals surface area contributed by atoms with Crippen molar-refractivity contribution in [3.63, 3.8) is 0 Å². The van der Waals surface area contributed by atoms with Gasteiger partial charge in [-0.15, -0.1) is 11.3 Å². The van der Waals surface area contributed by atoms with Gasteiger partial charge in [-0.1, -0.05) is 6.58 Å². The third kappa shape index (κ3) is 4.80. The summed E-state index contributed by atoms with van der Waals surface area (Å²) >= 11 is 1.40. The first kappa shape index (κ1) is 24.7. The minimum Gasteiger partial charge on any atom is -0.491 e. The Balaban J connectivity index is 1.23. The van der Waals surface area contributed by atoms with Crippen molar-refractivity contribution >= 4 is 39.4 Å². The molecule has 0 radical (unpaired) electrons. The summed E-state index contributed by atoms with van der Waals surface area (Å²) in [6.07, 6.45) is 5.83. The predicted octanol–water partition coefficient (Wildman–Crippen LogP) is 3.23. The molecule has 11 heteroatoms. The second-order valence-electron chi connectivity index (χ2n) is 9.52. The lowest BCUT2D eigenvalue weighted by molar-refractivity contribution is 0.0680. The molecule has 38 heavy (non-hydrogen) atoms. The minimum absolute atomic E-state index is 0.133. The Hall–Kier alpha value is -3.67. The molecule has 2 aliphatic heterocycles. The topological polar surface area (TPSA) is 98.5 Å². The van der Waals surface area contributed by atoms with Crippen molar-refractivity contribution in [2.75, 3.05) is 49.6 Å². The van der Waals surface area contributed by atoms with Gasteiger partial charge in [0.2, 0.25) is 0 Å². The first-order valence-corrected chi connectivity index (χ1v) is 13.7. The van der Waals surface area contributed by atoms with Crippen molar-refractivity contribution in [3.8, 4) is 10.9 Å². The van der Waals surface area contributed by atoms with Gasteiger partial charge in [0.1, 0.15) is 12.4 Å². The maximum Gasteiger partial charge on any atom is 0.335 e. The molecule has 2 aliphatic rings. The number of ether oxygens (including phenoxy) is 2. The van der Waals surface area contributed by atoms with Crippen LogP contribution in [0.1, 0.15) is 18.5 Å². The van der Waals surface area contributed by atoms with Crippen LogP contribution >= 0.6 is 11.3 Å². The number of aromatic nitrogens is 4. The maximum atomic E-state index is 13.2. The van der Waals surface area contributed by atoms with Crippen molar-refractivity contribution in [2.24, 2.45) is 7.05 Å². The van der Waals surface area contributed by atoms with E-state index in [1.54, 1.807) is 22.4 Å². The summed E-state index contributed by atoms with van der Waals surface area (Å²) in [5.74, 6) is 0.718. The first-order chi connectivity index (χ1) is 18.6. The normalized spacial score (nSPS) is 17.7. The third-order valence-corrected chi connectivity index (χ3v) is 7.85. The number of benzene rings is 1. The molecule has 2 saturated heterocycles. The highest BCUT2D eigenvalue weighted by atomic mass is 32.1. The number of rotatable bonds is 8. The van der Waals surface area contributed by atoms with E-state index in [1.165, 1.54) is 11.3 Å². The van der Waals surface area contributed by atoms with Crippen molar-refractivity contribution in [3.05, 3.63) is 64.8 Å². The Morgan fingerprint density at radius 1 is 1.29 bits per heavy atom. The second kappa shape index (κ2) is 10.6. The van der Waals surface area contributed by atoms with E-state index in [-0.39, 0.29) is 11.8 Å². The predicted molar refractivity (Wildman–Crippen MR) is 151 cm³/mol. The fraction of sp³-hybridized carbons (Fsp3) is 0.370. The molecule has 6 rings (SSSR count). The largest absolute Gasteiger partial charge is 0.491 e. The molecule has 5 heterocycles. The number of fused-ring (bicyclic) bond motifs is 1. The quantitative estimate of drug-likeness (QED) is 0.356. The van der Waals surface area contributed by atoms with E-state index in [0.29, 0.717) is 23.1 Å². The van der Waals surface area contributed by atoms with Gasteiger partial charge in [0, 0.05) is 57.5 Å². The molecule has 2 N–H and O–H groups in total. The molecule has 198 valence electrons. The average molecular weight is 534 g/mol. The fourth-order valence-corrected chi connectivity index (χ4v) is 5.80. The molecule has 0 aliphatic carbocycles. The van der Waals surface area contributed by atoms with Crippen LogP contribution in [0.4, 0.5) is 11.4 Å². The van der Waals surface area contributed by atoms with E-state index in [9.17, 15) is 4.79 Å². The van der Waals surface area contributed by atoms with Crippen LogP contribution in [0, 0.1) is 0 Å². The summed E-state index contributed by atoms with van der Waals surface area (Å²) in [5.41, 5.74) is 4.69. The molecule has 1 atom stereocenters. The number of anilines is 2. The van der Waals surface area contributed by atoms with Crippen molar-refractivity contribution < 1.29 is 9.47 Å². The van der Waals surface area contributed by atoms with Crippen LogP contribution < -0.4 is 26.0 Å². The molecule has 0 amide bonds. The molecular weight excluding hydrogens is 502 g/mol. The van der Waals surface area contributed by atoms with E-state index in [2.05, 4.69) is 27.1 Å². The van der Waals surface area contributed by atoms with Crippen molar-refractivity contribution in [1.82, 2.24) is 24.4 Å². The number of nitrogens with zero attached hydrogens (tertiary/aromatic N) is 5. The molecule has 2 fully saturated rings. The molecule has 0 bridgehead atoms. The number of pyridine rings is 1. The Labute approximate surface area is 224 Å². The third-order valence-electron chi connectivity index (χ3n) is 7.02. The summed E-state index contributed by atoms with van der Waals surface area (Å²) in [7, 11) is 1.76. The van der Waals surface area contributed by atoms with Crippen molar-refractivity contribution in [1.29, 1.82) is 0 Å². The van der Waals surface area contributed by atoms with Crippen LogP contribution in [-0.2, 0) is 11.8 Å². The molecule has 1 aromatic carbocycles. The molecule has 10 nitrogen and oxygen atoms in total. The molecule has 1 unspecified atom stereocenters. The zero-order valence-electron chi connectivity index (χ0n) is 21.4. The summed E-state index contributed by atoms with van der Waals surface area (Å²) in [5, 5.41) is 9.28. The van der Waals surface area contributed by atoms with E-state index in [1.807, 2.05) is 35.8 Å². The molecule has 0 spiro atoms. The minimum atomic E-state index is -0.163. The average Bonchev–Trinajstić information content (AvgIpc) is 3.70. The van der Waals surface area contributed by atoms with E-state index < -0.39 is 0 Å². The number of aryl methyl sites for hydroxylation is 1. The van der Waals surface area contributed by atoms with Gasteiger partial charge in [-0.3, -0.25) is 9.55 Å². The van der Waals surface area contributed by atoms with Crippen LogP contribution in [0.25, 0.3) is 21.9 Å². The Kier molecular flexibility index (Phi) is 6.88. The van der Waals surface area contributed by atoms with Gasteiger partial charge < -0.3 is 25.0 Å². The van der Waals surface area contributed by atoms with Gasteiger partial charge in [-0.25, -0.2) is 14.3 Å². The Morgan fingerprint density at radius 2 is 2.16 bits per heavy atom. The molecule has 0 saturated carbocycles. The highest BCUT2D eigenvalue weighted by Gasteiger charge is 2.20. The van der Waals surface area contributed by atoms with Crippen LogP contribution in [0.2, 0.25) is 0 Å². The number of piperazine rings is 1. The number of hydrogen-bond acceptors (Lipinski definition) is 9. The van der Waals surface area contributed by atoms with Crippen LogP contribution in [0.15, 0.2) is 53.4 Å². The van der Waals surface area contributed by atoms with Gasteiger partial charge in [0.05, 0.1) is 46.1 Å². The van der Waals surface area contributed by atoms with Crippen molar-refractivity contribution in [2.45, 2.75) is 18.9 Å². The lowest BCUT2D eigenvalue weighted by Gasteiger charge is -2.31. The lowest BCUT2D eigenvalue weighted by Crippen LogP contribution is -2.43. The van der Waals surface area contributed by atoms with Gasteiger partial charge in [-0.2, -0.15) is 0 Å². The number of imidazole rings is 1. The summed E-state index contributed by atoms with van der Waals surface area (Å²) in [6, 6.07) is 7.71. The summed E-state index contributed by atoms with van der Waals surface area (Å²) < 4.78 is 14.9. The zero-order chi connectivity index (χ0) is 26.1. The van der Waals surface area contributed by atoms with Gasteiger partial charge >= 0.3 is 5.69 Å². The van der Waals surface area contributed by atoms with Crippen LogP contribution in [0.3, 0.4) is 0 Å². The number of hydrogen-bond donors (Lipinski definition) is 2. The summed E-state index contributed by atoms with van der Waals surface area (Å²) in [4.78, 5) is 24.6. The van der Waals surface area contributed by atoms with E-state index in [4.69, 9.17) is 14.5 Å².